The van der Waals surface area contributed by atoms with Crippen molar-refractivity contribution in [1.82, 2.24) is 14.3 Å². The second kappa shape index (κ2) is 14.0. The van der Waals surface area contributed by atoms with Crippen molar-refractivity contribution in [3.05, 3.63) is 107 Å². The number of nitrogens with zero attached hydrogens (tertiary/aromatic N) is 1. The van der Waals surface area contributed by atoms with Gasteiger partial charge in [0, 0.05) is 31.1 Å². The number of halogens is 6. The molecule has 45 heavy (non-hydrogen) atoms. The molecule has 1 saturated carbocycles. The summed E-state index contributed by atoms with van der Waals surface area (Å²) in [7, 11) is -4.74. The summed E-state index contributed by atoms with van der Waals surface area (Å²) in [5.74, 6) is -2.24. The molecule has 1 aliphatic rings. The zero-order valence-electron chi connectivity index (χ0n) is 23.9. The standard InChI is InChI=1S/C31H31F6N3O4S/c32-30(33,34)26-15-25(16-27(17-26)31(35,36)37)29(42)39-45(43,44)40(19-22-9-5-2-6-10-22)20-23-11-13-24(14-12-23)28(41)38-18-21-7-3-1-4-8-21/h1-10,15-17,23-24H,11-14,18-20H2,(H,38,41)(H,39,42). The van der Waals surface area contributed by atoms with E-state index in [-0.39, 0.29) is 49.0 Å². The van der Waals surface area contributed by atoms with Crippen molar-refractivity contribution in [3.8, 4) is 0 Å². The van der Waals surface area contributed by atoms with Crippen LogP contribution in [-0.2, 0) is 40.4 Å². The third kappa shape index (κ3) is 9.54. The number of carbonyl (C=O) groups is 2. The Balaban J connectivity index is 1.47. The zero-order chi connectivity index (χ0) is 32.8. The van der Waals surface area contributed by atoms with Crippen molar-refractivity contribution in [2.24, 2.45) is 11.8 Å². The lowest BCUT2D eigenvalue weighted by molar-refractivity contribution is -0.143. The summed E-state index contributed by atoms with van der Waals surface area (Å²) in [6.45, 7) is 0.0718. The summed E-state index contributed by atoms with van der Waals surface area (Å²) in [5.41, 5.74) is -3.11. The minimum atomic E-state index is -5.22. The first-order valence-electron chi connectivity index (χ1n) is 14.1. The third-order valence-electron chi connectivity index (χ3n) is 7.60. The molecule has 0 radical (unpaired) electrons. The molecular formula is C31H31F6N3O4S. The first-order valence-corrected chi connectivity index (χ1v) is 15.5. The molecule has 0 heterocycles. The highest BCUT2D eigenvalue weighted by Gasteiger charge is 2.38. The number of alkyl halides is 6. The molecule has 0 saturated heterocycles. The van der Waals surface area contributed by atoms with E-state index in [1.54, 1.807) is 35.1 Å². The predicted molar refractivity (Wildman–Crippen MR) is 153 cm³/mol. The summed E-state index contributed by atoms with van der Waals surface area (Å²) in [4.78, 5) is 25.6. The minimum absolute atomic E-state index is 0.0910. The Hall–Kier alpha value is -3.91. The molecule has 1 aliphatic carbocycles. The Morgan fingerprint density at radius 1 is 0.756 bits per heavy atom. The molecule has 242 valence electrons. The number of hydrogen-bond acceptors (Lipinski definition) is 4. The molecule has 0 aliphatic heterocycles. The van der Waals surface area contributed by atoms with E-state index < -0.39 is 45.2 Å². The number of rotatable bonds is 10. The van der Waals surface area contributed by atoms with Gasteiger partial charge in [0.2, 0.25) is 5.91 Å². The lowest BCUT2D eigenvalue weighted by atomic mass is 9.81. The van der Waals surface area contributed by atoms with E-state index in [4.69, 9.17) is 0 Å². The van der Waals surface area contributed by atoms with Gasteiger partial charge < -0.3 is 5.32 Å². The third-order valence-corrected chi connectivity index (χ3v) is 9.00. The van der Waals surface area contributed by atoms with Gasteiger partial charge in [0.15, 0.2) is 0 Å². The molecule has 0 spiro atoms. The van der Waals surface area contributed by atoms with Gasteiger partial charge in [0.1, 0.15) is 0 Å². The maximum atomic E-state index is 13.4. The second-order valence-corrected chi connectivity index (χ2v) is 12.6. The van der Waals surface area contributed by atoms with Crippen LogP contribution in [0.1, 0.15) is 58.3 Å². The van der Waals surface area contributed by atoms with E-state index in [2.05, 4.69) is 5.32 Å². The van der Waals surface area contributed by atoms with E-state index in [0.29, 0.717) is 37.8 Å². The fourth-order valence-corrected chi connectivity index (χ4v) is 6.39. The maximum Gasteiger partial charge on any atom is 0.416 e. The van der Waals surface area contributed by atoms with Gasteiger partial charge in [-0.2, -0.15) is 39.1 Å². The Morgan fingerprint density at radius 2 is 1.27 bits per heavy atom. The molecule has 1 fully saturated rings. The SMILES string of the molecule is O=C(NS(=O)(=O)N(Cc1ccccc1)CC1CCC(C(=O)NCc2ccccc2)CC1)c1cc(C(F)(F)F)cc(C(F)(F)F)c1. The van der Waals surface area contributed by atoms with E-state index in [1.165, 1.54) is 0 Å². The number of nitrogens with one attached hydrogen (secondary N) is 2. The minimum Gasteiger partial charge on any atom is -0.352 e. The van der Waals surface area contributed by atoms with Gasteiger partial charge in [-0.3, -0.25) is 9.59 Å². The Bertz CT molecular complexity index is 1540. The van der Waals surface area contributed by atoms with E-state index in [1.807, 2.05) is 30.3 Å². The van der Waals surface area contributed by atoms with Crippen LogP contribution in [-0.4, -0.2) is 31.1 Å². The Kier molecular flexibility index (Phi) is 10.6. The van der Waals surface area contributed by atoms with E-state index >= 15 is 0 Å². The molecule has 0 atom stereocenters. The topological polar surface area (TPSA) is 95.6 Å². The molecular weight excluding hydrogens is 624 g/mol. The van der Waals surface area contributed by atoms with Crippen LogP contribution in [0.2, 0.25) is 0 Å². The quantitative estimate of drug-likeness (QED) is 0.250. The van der Waals surface area contributed by atoms with Crippen molar-refractivity contribution in [3.63, 3.8) is 0 Å². The monoisotopic (exact) mass is 655 g/mol. The summed E-state index contributed by atoms with van der Waals surface area (Å²) in [5, 5.41) is 2.91. The number of amides is 2. The molecule has 0 unspecified atom stereocenters. The van der Waals surface area contributed by atoms with Crippen LogP contribution in [0.5, 0.6) is 0 Å². The molecule has 2 N–H and O–H groups in total. The molecule has 0 aromatic heterocycles. The van der Waals surface area contributed by atoms with Crippen molar-refractivity contribution < 1.29 is 44.3 Å². The Labute approximate surface area is 256 Å². The van der Waals surface area contributed by atoms with Crippen LogP contribution in [0.4, 0.5) is 26.3 Å². The molecule has 2 amide bonds. The predicted octanol–water partition coefficient (Wildman–Crippen LogP) is 6.32. The zero-order valence-corrected chi connectivity index (χ0v) is 24.7. The lowest BCUT2D eigenvalue weighted by Gasteiger charge is -2.32. The number of benzene rings is 3. The molecule has 0 bridgehead atoms. The summed E-state index contributed by atoms with van der Waals surface area (Å²) in [6, 6.07) is 17.9. The van der Waals surface area contributed by atoms with Crippen LogP contribution in [0.25, 0.3) is 0 Å². The first kappa shape index (κ1) is 34.0. The van der Waals surface area contributed by atoms with Gasteiger partial charge in [-0.05, 0) is 60.9 Å². The largest absolute Gasteiger partial charge is 0.416 e. The lowest BCUT2D eigenvalue weighted by Crippen LogP contribution is -2.45. The van der Waals surface area contributed by atoms with Gasteiger partial charge in [-0.25, -0.2) is 4.72 Å². The Morgan fingerprint density at radius 3 is 1.78 bits per heavy atom. The normalized spacial score (nSPS) is 17.6. The van der Waals surface area contributed by atoms with Crippen LogP contribution in [0.15, 0.2) is 78.9 Å². The van der Waals surface area contributed by atoms with Gasteiger partial charge in [0.25, 0.3) is 5.91 Å². The molecule has 3 aromatic rings. The molecule has 7 nitrogen and oxygen atoms in total. The van der Waals surface area contributed by atoms with Crippen molar-refractivity contribution in [1.29, 1.82) is 0 Å². The average Bonchev–Trinajstić information content (AvgIpc) is 2.99. The fourth-order valence-electron chi connectivity index (χ4n) is 5.19. The van der Waals surface area contributed by atoms with Gasteiger partial charge in [0.05, 0.1) is 11.1 Å². The highest BCUT2D eigenvalue weighted by molar-refractivity contribution is 7.87. The van der Waals surface area contributed by atoms with Crippen molar-refractivity contribution in [2.75, 3.05) is 6.54 Å². The molecule has 3 aromatic carbocycles. The van der Waals surface area contributed by atoms with Gasteiger partial charge in [-0.1, -0.05) is 60.7 Å². The van der Waals surface area contributed by atoms with Crippen molar-refractivity contribution in [2.45, 2.75) is 51.1 Å². The van der Waals surface area contributed by atoms with Gasteiger partial charge >= 0.3 is 22.6 Å². The number of hydrogen-bond donors (Lipinski definition) is 2. The summed E-state index contributed by atoms with van der Waals surface area (Å²) in [6.07, 6.45) is -8.48. The first-order chi connectivity index (χ1) is 21.1. The van der Waals surface area contributed by atoms with Crippen LogP contribution in [0, 0.1) is 11.8 Å². The number of carbonyl (C=O) groups excluding carboxylic acids is 2. The summed E-state index contributed by atoms with van der Waals surface area (Å²) < 4.78 is 109. The van der Waals surface area contributed by atoms with Gasteiger partial charge in [-0.15, -0.1) is 0 Å². The van der Waals surface area contributed by atoms with Crippen LogP contribution < -0.4 is 10.0 Å². The fraction of sp³-hybridized carbons (Fsp3) is 0.355. The second-order valence-electron chi connectivity index (χ2n) is 10.9. The smallest absolute Gasteiger partial charge is 0.352 e. The highest BCUT2D eigenvalue weighted by atomic mass is 32.2. The highest BCUT2D eigenvalue weighted by Crippen LogP contribution is 2.36. The molecule has 4 rings (SSSR count). The maximum absolute atomic E-state index is 13.4. The summed E-state index contributed by atoms with van der Waals surface area (Å²) >= 11 is 0. The van der Waals surface area contributed by atoms with Crippen molar-refractivity contribution >= 4 is 22.0 Å². The van der Waals surface area contributed by atoms with E-state index in [9.17, 15) is 44.3 Å². The van der Waals surface area contributed by atoms with Crippen LogP contribution >= 0.6 is 0 Å². The van der Waals surface area contributed by atoms with E-state index in [0.717, 1.165) is 9.87 Å². The molecule has 14 heteroatoms. The average molecular weight is 656 g/mol. The van der Waals surface area contributed by atoms with Crippen LogP contribution in [0.3, 0.4) is 0 Å².